The summed E-state index contributed by atoms with van der Waals surface area (Å²) in [4.78, 5) is 37.4. The van der Waals surface area contributed by atoms with Crippen molar-refractivity contribution in [3.05, 3.63) is 44.5 Å². The largest absolute Gasteiger partial charge is 0.486 e. The molecule has 0 fully saturated rings. The quantitative estimate of drug-likeness (QED) is 0.649. The molecule has 0 aliphatic carbocycles. The van der Waals surface area contributed by atoms with Crippen molar-refractivity contribution in [3.63, 3.8) is 0 Å². The van der Waals surface area contributed by atoms with Gasteiger partial charge in [0.15, 0.2) is 18.1 Å². The summed E-state index contributed by atoms with van der Waals surface area (Å²) >= 11 is 1.02. The van der Waals surface area contributed by atoms with Gasteiger partial charge in [0.05, 0.1) is 0 Å². The maximum absolute atomic E-state index is 12.4. The van der Waals surface area contributed by atoms with Crippen molar-refractivity contribution in [3.8, 4) is 11.5 Å². The number of esters is 1. The van der Waals surface area contributed by atoms with Gasteiger partial charge < -0.3 is 19.1 Å². The Labute approximate surface area is 166 Å². The van der Waals surface area contributed by atoms with E-state index >= 15 is 0 Å². The van der Waals surface area contributed by atoms with Gasteiger partial charge in [-0.25, -0.2) is 0 Å². The third kappa shape index (κ3) is 4.72. The maximum atomic E-state index is 12.4. The van der Waals surface area contributed by atoms with Crippen molar-refractivity contribution in [2.75, 3.05) is 26.4 Å². The van der Waals surface area contributed by atoms with E-state index in [0.717, 1.165) is 16.9 Å². The van der Waals surface area contributed by atoms with Gasteiger partial charge in [-0.15, -0.1) is 0 Å². The van der Waals surface area contributed by atoms with Gasteiger partial charge in [-0.2, -0.15) is 0 Å². The normalized spacial score (nSPS) is 12.5. The van der Waals surface area contributed by atoms with Gasteiger partial charge in [0.1, 0.15) is 19.8 Å². The van der Waals surface area contributed by atoms with E-state index in [0.29, 0.717) is 43.5 Å². The minimum Gasteiger partial charge on any atom is -0.486 e. The molecular weight excluding hydrogens is 384 g/mol. The molecule has 0 saturated carbocycles. The molecule has 0 radical (unpaired) electrons. The highest BCUT2D eigenvalue weighted by Gasteiger charge is 2.18. The molecule has 1 aliphatic rings. The first kappa shape index (κ1) is 19.9. The molecule has 1 aliphatic heterocycles. The van der Waals surface area contributed by atoms with Gasteiger partial charge >= 0.3 is 10.8 Å². The monoisotopic (exact) mass is 406 g/mol. The molecule has 0 bridgehead atoms. The molecule has 150 valence electrons. The zero-order chi connectivity index (χ0) is 20.1. The molecule has 0 N–H and O–H groups in total. The Morgan fingerprint density at radius 3 is 2.68 bits per heavy atom. The van der Waals surface area contributed by atoms with Crippen LogP contribution in [-0.4, -0.2) is 47.7 Å². The van der Waals surface area contributed by atoms with E-state index in [-0.39, 0.29) is 23.9 Å². The van der Waals surface area contributed by atoms with Gasteiger partial charge in [0.2, 0.25) is 0 Å². The Balaban J connectivity index is 1.55. The number of ether oxygens (including phenoxy) is 3. The summed E-state index contributed by atoms with van der Waals surface area (Å²) in [6.45, 7) is 4.88. The van der Waals surface area contributed by atoms with Crippen LogP contribution in [0, 0.1) is 6.92 Å². The minimum absolute atomic E-state index is 0.199. The number of thiazole rings is 1. The first-order valence-electron chi connectivity index (χ1n) is 8.94. The lowest BCUT2D eigenvalue weighted by atomic mass is 10.2. The second-order valence-electron chi connectivity index (χ2n) is 6.28. The first-order valence-corrected chi connectivity index (χ1v) is 9.82. The SMILES string of the molecule is CCN(Cc1ccc2c(c1)OCCO2)C(=O)COC(=O)Cn1c(C)csc1=O. The molecule has 0 spiro atoms. The number of aromatic nitrogens is 1. The fourth-order valence-corrected chi connectivity index (χ4v) is 3.52. The molecule has 3 rings (SSSR count). The van der Waals surface area contributed by atoms with Crippen molar-refractivity contribution < 1.29 is 23.8 Å². The Morgan fingerprint density at radius 2 is 2.00 bits per heavy atom. The van der Waals surface area contributed by atoms with Gasteiger partial charge in [0, 0.05) is 24.2 Å². The third-order valence-electron chi connectivity index (χ3n) is 4.33. The van der Waals surface area contributed by atoms with Gasteiger partial charge in [-0.05, 0) is 31.5 Å². The van der Waals surface area contributed by atoms with Crippen LogP contribution < -0.4 is 14.3 Å². The van der Waals surface area contributed by atoms with Crippen molar-refractivity contribution in [1.82, 2.24) is 9.47 Å². The van der Waals surface area contributed by atoms with Crippen molar-refractivity contribution >= 4 is 23.2 Å². The molecule has 28 heavy (non-hydrogen) atoms. The predicted molar refractivity (Wildman–Crippen MR) is 103 cm³/mol. The Bertz CT molecular complexity index is 919. The topological polar surface area (TPSA) is 87.1 Å². The summed E-state index contributed by atoms with van der Waals surface area (Å²) in [5, 5.41) is 1.67. The molecule has 1 aromatic heterocycles. The Kier molecular flexibility index (Phi) is 6.35. The lowest BCUT2D eigenvalue weighted by Crippen LogP contribution is -2.35. The van der Waals surface area contributed by atoms with Crippen LogP contribution in [-0.2, 0) is 27.4 Å². The summed E-state index contributed by atoms with van der Waals surface area (Å²) < 4.78 is 17.5. The molecular formula is C19H22N2O6S. The number of likely N-dealkylation sites (N-methyl/N-ethyl adjacent to an activating group) is 1. The highest BCUT2D eigenvalue weighted by atomic mass is 32.1. The molecule has 0 unspecified atom stereocenters. The number of aryl methyl sites for hydroxylation is 1. The zero-order valence-electron chi connectivity index (χ0n) is 15.8. The number of hydrogen-bond acceptors (Lipinski definition) is 7. The molecule has 9 heteroatoms. The second kappa shape index (κ2) is 8.92. The summed E-state index contributed by atoms with van der Waals surface area (Å²) in [7, 11) is 0. The molecule has 1 aromatic carbocycles. The number of nitrogens with zero attached hydrogens (tertiary/aromatic N) is 2. The van der Waals surface area contributed by atoms with Crippen LogP contribution >= 0.6 is 11.3 Å². The number of hydrogen-bond donors (Lipinski definition) is 0. The Hall–Kier alpha value is -2.81. The summed E-state index contributed by atoms with van der Waals surface area (Å²) in [5.41, 5.74) is 1.58. The number of carbonyl (C=O) groups is 2. The van der Waals surface area contributed by atoms with Crippen molar-refractivity contribution in [2.24, 2.45) is 0 Å². The van der Waals surface area contributed by atoms with E-state index in [1.165, 1.54) is 4.57 Å². The van der Waals surface area contributed by atoms with E-state index in [2.05, 4.69) is 0 Å². The van der Waals surface area contributed by atoms with Crippen LogP contribution in [0.4, 0.5) is 0 Å². The smallest absolute Gasteiger partial charge is 0.326 e. The first-order chi connectivity index (χ1) is 13.5. The highest BCUT2D eigenvalue weighted by molar-refractivity contribution is 7.07. The lowest BCUT2D eigenvalue weighted by Gasteiger charge is -2.23. The highest BCUT2D eigenvalue weighted by Crippen LogP contribution is 2.31. The van der Waals surface area contributed by atoms with Crippen LogP contribution in [0.25, 0.3) is 0 Å². The number of rotatable bonds is 7. The number of amides is 1. The van der Waals surface area contributed by atoms with E-state index in [4.69, 9.17) is 14.2 Å². The summed E-state index contributed by atoms with van der Waals surface area (Å²) in [6, 6.07) is 5.55. The van der Waals surface area contributed by atoms with E-state index in [1.807, 2.05) is 25.1 Å². The number of fused-ring (bicyclic) bond motifs is 1. The van der Waals surface area contributed by atoms with E-state index in [1.54, 1.807) is 17.2 Å². The standard InChI is InChI=1S/C19H22N2O6S/c1-3-20(9-14-4-5-15-16(8-14)26-7-6-25-15)17(22)11-27-18(23)10-21-13(2)12-28-19(21)24/h4-5,8,12H,3,6-7,9-11H2,1-2H3. The molecule has 8 nitrogen and oxygen atoms in total. The van der Waals surface area contributed by atoms with Crippen molar-refractivity contribution in [1.29, 1.82) is 0 Å². The second-order valence-corrected chi connectivity index (χ2v) is 7.10. The molecule has 0 saturated heterocycles. The van der Waals surface area contributed by atoms with E-state index < -0.39 is 5.97 Å². The van der Waals surface area contributed by atoms with Gasteiger partial charge in [-0.1, -0.05) is 17.4 Å². The molecule has 2 aromatic rings. The Morgan fingerprint density at radius 1 is 1.25 bits per heavy atom. The number of benzene rings is 1. The average molecular weight is 406 g/mol. The fraction of sp³-hybridized carbons (Fsp3) is 0.421. The fourth-order valence-electron chi connectivity index (χ4n) is 2.79. The number of carbonyl (C=O) groups excluding carboxylic acids is 2. The maximum Gasteiger partial charge on any atom is 0.326 e. The average Bonchev–Trinajstić information content (AvgIpc) is 3.02. The lowest BCUT2D eigenvalue weighted by molar-refractivity contribution is -0.152. The van der Waals surface area contributed by atoms with Gasteiger partial charge in [0.25, 0.3) is 5.91 Å². The summed E-state index contributed by atoms with van der Waals surface area (Å²) in [6.07, 6.45) is 0. The van der Waals surface area contributed by atoms with E-state index in [9.17, 15) is 14.4 Å². The molecule has 1 amide bonds. The van der Waals surface area contributed by atoms with Crippen LogP contribution in [0.5, 0.6) is 11.5 Å². The minimum atomic E-state index is -0.618. The van der Waals surface area contributed by atoms with Crippen LogP contribution in [0.15, 0.2) is 28.4 Å². The predicted octanol–water partition coefficient (Wildman–Crippen LogP) is 1.58. The van der Waals surface area contributed by atoms with Crippen LogP contribution in [0.1, 0.15) is 18.2 Å². The molecule has 0 atom stereocenters. The zero-order valence-corrected chi connectivity index (χ0v) is 16.6. The van der Waals surface area contributed by atoms with Gasteiger partial charge in [-0.3, -0.25) is 19.0 Å². The van der Waals surface area contributed by atoms with Crippen molar-refractivity contribution in [2.45, 2.75) is 26.9 Å². The van der Waals surface area contributed by atoms with Crippen LogP contribution in [0.2, 0.25) is 0 Å². The molecule has 2 heterocycles. The van der Waals surface area contributed by atoms with Crippen LogP contribution in [0.3, 0.4) is 0 Å². The third-order valence-corrected chi connectivity index (χ3v) is 5.22. The summed E-state index contributed by atoms with van der Waals surface area (Å²) in [5.74, 6) is 0.431.